The standard InChI is InChI=1S/C12H20N4O/c1-16-11(5-8-15-16)12(17)14-7-4-10-3-2-6-13-9-10/h5,8,10,13H,2-4,6-7,9H2,1H3,(H,14,17). The Kier molecular flexibility index (Phi) is 4.14. The fourth-order valence-corrected chi connectivity index (χ4v) is 2.25. The number of nitrogens with one attached hydrogen (secondary N) is 2. The Labute approximate surface area is 102 Å². The van der Waals surface area contributed by atoms with Crippen LogP contribution in [0.1, 0.15) is 29.8 Å². The van der Waals surface area contributed by atoms with E-state index in [0.717, 1.165) is 26.1 Å². The lowest BCUT2D eigenvalue weighted by Crippen LogP contribution is -2.33. The van der Waals surface area contributed by atoms with Crippen molar-refractivity contribution in [2.24, 2.45) is 13.0 Å². The molecule has 1 aliphatic heterocycles. The molecule has 2 N–H and O–H groups in total. The lowest BCUT2D eigenvalue weighted by Gasteiger charge is -2.22. The Morgan fingerprint density at radius 1 is 1.71 bits per heavy atom. The summed E-state index contributed by atoms with van der Waals surface area (Å²) in [6, 6.07) is 1.73. The van der Waals surface area contributed by atoms with Crippen LogP contribution in [0.3, 0.4) is 0 Å². The maximum absolute atomic E-state index is 11.8. The normalized spacial score (nSPS) is 20.2. The summed E-state index contributed by atoms with van der Waals surface area (Å²) in [6.07, 6.45) is 5.21. The Balaban J connectivity index is 1.71. The molecule has 1 aromatic heterocycles. The first-order valence-corrected chi connectivity index (χ1v) is 6.24. The van der Waals surface area contributed by atoms with Gasteiger partial charge in [-0.15, -0.1) is 0 Å². The third-order valence-electron chi connectivity index (χ3n) is 3.29. The highest BCUT2D eigenvalue weighted by Gasteiger charge is 2.14. The predicted molar refractivity (Wildman–Crippen MR) is 65.8 cm³/mol. The Hall–Kier alpha value is -1.36. The molecule has 1 fully saturated rings. The molecule has 1 unspecified atom stereocenters. The summed E-state index contributed by atoms with van der Waals surface area (Å²) in [5, 5.41) is 10.3. The second kappa shape index (κ2) is 5.82. The number of hydrogen-bond acceptors (Lipinski definition) is 3. The molecule has 0 spiro atoms. The summed E-state index contributed by atoms with van der Waals surface area (Å²) in [5.74, 6) is 0.671. The first-order valence-electron chi connectivity index (χ1n) is 6.24. The molecule has 1 amide bonds. The molecule has 1 atom stereocenters. The van der Waals surface area contributed by atoms with Gasteiger partial charge in [0.25, 0.3) is 5.91 Å². The van der Waals surface area contributed by atoms with Gasteiger partial charge in [0.1, 0.15) is 5.69 Å². The lowest BCUT2D eigenvalue weighted by molar-refractivity contribution is 0.0941. The average molecular weight is 236 g/mol. The summed E-state index contributed by atoms with van der Waals surface area (Å²) in [4.78, 5) is 11.8. The number of amides is 1. The monoisotopic (exact) mass is 236 g/mol. The molecule has 0 aromatic carbocycles. The highest BCUT2D eigenvalue weighted by atomic mass is 16.2. The van der Waals surface area contributed by atoms with Crippen molar-refractivity contribution in [1.82, 2.24) is 20.4 Å². The second-order valence-corrected chi connectivity index (χ2v) is 4.60. The van der Waals surface area contributed by atoms with E-state index in [4.69, 9.17) is 0 Å². The number of aromatic nitrogens is 2. The van der Waals surface area contributed by atoms with Gasteiger partial charge in [-0.25, -0.2) is 0 Å². The van der Waals surface area contributed by atoms with Gasteiger partial charge in [0.15, 0.2) is 0 Å². The van der Waals surface area contributed by atoms with Crippen molar-refractivity contribution >= 4 is 5.91 Å². The minimum absolute atomic E-state index is 0.0335. The van der Waals surface area contributed by atoms with E-state index in [9.17, 15) is 4.79 Å². The molecule has 1 aromatic rings. The maximum atomic E-state index is 11.8. The zero-order chi connectivity index (χ0) is 12.1. The number of piperidine rings is 1. The number of carbonyl (C=O) groups is 1. The zero-order valence-electron chi connectivity index (χ0n) is 10.3. The van der Waals surface area contributed by atoms with Crippen molar-refractivity contribution in [3.8, 4) is 0 Å². The van der Waals surface area contributed by atoms with Crippen molar-refractivity contribution in [3.63, 3.8) is 0 Å². The van der Waals surface area contributed by atoms with E-state index < -0.39 is 0 Å². The second-order valence-electron chi connectivity index (χ2n) is 4.60. The van der Waals surface area contributed by atoms with Crippen molar-refractivity contribution < 1.29 is 4.79 Å². The molecular weight excluding hydrogens is 216 g/mol. The van der Waals surface area contributed by atoms with Crippen LogP contribution in [0.15, 0.2) is 12.3 Å². The van der Waals surface area contributed by atoms with Gasteiger partial charge in [-0.3, -0.25) is 9.48 Å². The van der Waals surface area contributed by atoms with E-state index >= 15 is 0 Å². The molecule has 2 heterocycles. The molecule has 0 aliphatic carbocycles. The van der Waals surface area contributed by atoms with E-state index in [1.54, 1.807) is 24.0 Å². The predicted octanol–water partition coefficient (Wildman–Crippen LogP) is 0.540. The SMILES string of the molecule is Cn1nccc1C(=O)NCCC1CCCNC1. The van der Waals surface area contributed by atoms with Crippen LogP contribution in [0.2, 0.25) is 0 Å². The van der Waals surface area contributed by atoms with Gasteiger partial charge in [0.2, 0.25) is 0 Å². The van der Waals surface area contributed by atoms with Crippen LogP contribution in [-0.4, -0.2) is 35.3 Å². The Morgan fingerprint density at radius 3 is 3.24 bits per heavy atom. The van der Waals surface area contributed by atoms with Crippen LogP contribution in [-0.2, 0) is 7.05 Å². The van der Waals surface area contributed by atoms with E-state index in [2.05, 4.69) is 15.7 Å². The first-order chi connectivity index (χ1) is 8.27. The van der Waals surface area contributed by atoms with Crippen molar-refractivity contribution in [2.45, 2.75) is 19.3 Å². The lowest BCUT2D eigenvalue weighted by atomic mass is 9.96. The fourth-order valence-electron chi connectivity index (χ4n) is 2.25. The minimum Gasteiger partial charge on any atom is -0.351 e. The summed E-state index contributed by atoms with van der Waals surface area (Å²) < 4.78 is 1.59. The van der Waals surface area contributed by atoms with Gasteiger partial charge < -0.3 is 10.6 Å². The molecule has 5 nitrogen and oxygen atoms in total. The van der Waals surface area contributed by atoms with Crippen LogP contribution >= 0.6 is 0 Å². The van der Waals surface area contributed by atoms with Crippen LogP contribution in [0, 0.1) is 5.92 Å². The molecule has 94 valence electrons. The largest absolute Gasteiger partial charge is 0.351 e. The van der Waals surface area contributed by atoms with E-state index in [1.165, 1.54) is 12.8 Å². The number of aryl methyl sites for hydroxylation is 1. The van der Waals surface area contributed by atoms with Crippen molar-refractivity contribution in [1.29, 1.82) is 0 Å². The molecule has 1 aliphatic rings. The summed E-state index contributed by atoms with van der Waals surface area (Å²) in [5.41, 5.74) is 0.617. The topological polar surface area (TPSA) is 59.0 Å². The Bertz CT molecular complexity index is 368. The molecule has 5 heteroatoms. The zero-order valence-corrected chi connectivity index (χ0v) is 10.3. The summed E-state index contributed by atoms with van der Waals surface area (Å²) in [7, 11) is 1.78. The molecular formula is C12H20N4O. The van der Waals surface area contributed by atoms with E-state index in [0.29, 0.717) is 11.6 Å². The first kappa shape index (κ1) is 12.1. The summed E-state index contributed by atoms with van der Waals surface area (Å²) in [6.45, 7) is 2.97. The minimum atomic E-state index is -0.0335. The van der Waals surface area contributed by atoms with Crippen molar-refractivity contribution in [2.75, 3.05) is 19.6 Å². The van der Waals surface area contributed by atoms with Crippen LogP contribution in [0.5, 0.6) is 0 Å². The van der Waals surface area contributed by atoms with Gasteiger partial charge in [-0.1, -0.05) is 0 Å². The van der Waals surface area contributed by atoms with Gasteiger partial charge >= 0.3 is 0 Å². The van der Waals surface area contributed by atoms with E-state index in [-0.39, 0.29) is 5.91 Å². The van der Waals surface area contributed by atoms with Gasteiger partial charge in [-0.05, 0) is 44.3 Å². The third kappa shape index (κ3) is 3.30. The number of nitrogens with zero attached hydrogens (tertiary/aromatic N) is 2. The molecule has 0 saturated carbocycles. The van der Waals surface area contributed by atoms with Crippen LogP contribution in [0.4, 0.5) is 0 Å². The van der Waals surface area contributed by atoms with Crippen LogP contribution in [0.25, 0.3) is 0 Å². The van der Waals surface area contributed by atoms with Crippen molar-refractivity contribution in [3.05, 3.63) is 18.0 Å². The maximum Gasteiger partial charge on any atom is 0.269 e. The molecule has 17 heavy (non-hydrogen) atoms. The van der Waals surface area contributed by atoms with Gasteiger partial charge in [0.05, 0.1) is 0 Å². The molecule has 2 rings (SSSR count). The third-order valence-corrected chi connectivity index (χ3v) is 3.29. The average Bonchev–Trinajstić information content (AvgIpc) is 2.77. The smallest absolute Gasteiger partial charge is 0.269 e. The highest BCUT2D eigenvalue weighted by Crippen LogP contribution is 2.12. The fraction of sp³-hybridized carbons (Fsp3) is 0.667. The van der Waals surface area contributed by atoms with Gasteiger partial charge in [-0.2, -0.15) is 5.10 Å². The number of hydrogen-bond donors (Lipinski definition) is 2. The number of rotatable bonds is 4. The van der Waals surface area contributed by atoms with Crippen LogP contribution < -0.4 is 10.6 Å². The summed E-state index contributed by atoms with van der Waals surface area (Å²) >= 11 is 0. The van der Waals surface area contributed by atoms with Gasteiger partial charge in [0, 0.05) is 19.8 Å². The Morgan fingerprint density at radius 2 is 2.59 bits per heavy atom. The quantitative estimate of drug-likeness (QED) is 0.802. The highest BCUT2D eigenvalue weighted by molar-refractivity contribution is 5.92. The van der Waals surface area contributed by atoms with E-state index in [1.807, 2.05) is 0 Å². The number of carbonyl (C=O) groups excluding carboxylic acids is 1. The molecule has 0 bridgehead atoms. The molecule has 0 radical (unpaired) electrons. The molecule has 1 saturated heterocycles.